The van der Waals surface area contributed by atoms with Crippen molar-refractivity contribution >= 4 is 22.5 Å². The van der Waals surface area contributed by atoms with E-state index in [9.17, 15) is 0 Å². The van der Waals surface area contributed by atoms with Gasteiger partial charge in [0.1, 0.15) is 0 Å². The maximum Gasteiger partial charge on any atom is 0.0705 e. The van der Waals surface area contributed by atoms with Crippen LogP contribution in [0.4, 0.5) is 0 Å². The standard InChI is InChI=1S/C18H20ClN/c19-16(18-14-6-2-3-7-15(14)18)11-13-10-9-12-5-1-4-8-17(12)20-13/h1,4-5,8-10,14-16,18H,2-3,6-7,11H2. The molecule has 0 aliphatic heterocycles. The Balaban J connectivity index is 1.50. The number of benzene rings is 1. The van der Waals surface area contributed by atoms with Crippen molar-refractivity contribution in [1.82, 2.24) is 4.98 Å². The molecule has 0 N–H and O–H groups in total. The van der Waals surface area contributed by atoms with E-state index in [1.807, 2.05) is 6.07 Å². The average Bonchev–Trinajstić information content (AvgIpc) is 3.21. The number of rotatable bonds is 3. The first kappa shape index (κ1) is 12.6. The van der Waals surface area contributed by atoms with E-state index in [4.69, 9.17) is 16.6 Å². The van der Waals surface area contributed by atoms with Gasteiger partial charge in [0.2, 0.25) is 0 Å². The van der Waals surface area contributed by atoms with Crippen LogP contribution in [-0.4, -0.2) is 10.4 Å². The molecule has 1 aromatic carbocycles. The van der Waals surface area contributed by atoms with Gasteiger partial charge in [-0.3, -0.25) is 4.98 Å². The zero-order valence-corrected chi connectivity index (χ0v) is 12.4. The van der Waals surface area contributed by atoms with Crippen molar-refractivity contribution < 1.29 is 0 Å². The number of aromatic nitrogens is 1. The highest BCUT2D eigenvalue weighted by Crippen LogP contribution is 2.58. The summed E-state index contributed by atoms with van der Waals surface area (Å²) in [6.45, 7) is 0. The van der Waals surface area contributed by atoms with Crippen LogP contribution < -0.4 is 0 Å². The number of fused-ring (bicyclic) bond motifs is 2. The number of hydrogen-bond donors (Lipinski definition) is 0. The van der Waals surface area contributed by atoms with Gasteiger partial charge in [0, 0.05) is 22.9 Å². The van der Waals surface area contributed by atoms with Crippen molar-refractivity contribution in [3.63, 3.8) is 0 Å². The predicted octanol–water partition coefficient (Wildman–Crippen LogP) is 4.82. The topological polar surface area (TPSA) is 12.9 Å². The quantitative estimate of drug-likeness (QED) is 0.737. The molecule has 104 valence electrons. The fourth-order valence-corrected chi connectivity index (χ4v) is 4.67. The highest BCUT2D eigenvalue weighted by molar-refractivity contribution is 6.21. The molecular formula is C18H20ClN. The molecule has 0 spiro atoms. The molecule has 1 aromatic heterocycles. The van der Waals surface area contributed by atoms with Crippen molar-refractivity contribution in [2.45, 2.75) is 37.5 Å². The van der Waals surface area contributed by atoms with Crippen LogP contribution in [0.25, 0.3) is 10.9 Å². The van der Waals surface area contributed by atoms with Gasteiger partial charge < -0.3 is 0 Å². The van der Waals surface area contributed by atoms with E-state index < -0.39 is 0 Å². The molecule has 1 nitrogen and oxygen atoms in total. The van der Waals surface area contributed by atoms with Crippen molar-refractivity contribution in [3.8, 4) is 0 Å². The van der Waals surface area contributed by atoms with Gasteiger partial charge in [-0.25, -0.2) is 0 Å². The van der Waals surface area contributed by atoms with Crippen LogP contribution in [0.3, 0.4) is 0 Å². The van der Waals surface area contributed by atoms with Gasteiger partial charge in [-0.1, -0.05) is 37.1 Å². The Morgan fingerprint density at radius 3 is 2.60 bits per heavy atom. The minimum absolute atomic E-state index is 0.275. The monoisotopic (exact) mass is 285 g/mol. The summed E-state index contributed by atoms with van der Waals surface area (Å²) in [5, 5.41) is 1.49. The first-order chi connectivity index (χ1) is 9.83. The molecule has 2 aromatic rings. The molecule has 0 saturated heterocycles. The number of halogens is 1. The van der Waals surface area contributed by atoms with Gasteiger partial charge in [0.25, 0.3) is 0 Å². The smallest absolute Gasteiger partial charge is 0.0705 e. The largest absolute Gasteiger partial charge is 0.253 e. The summed E-state index contributed by atoms with van der Waals surface area (Å²) in [5.74, 6) is 2.60. The Labute approximate surface area is 125 Å². The van der Waals surface area contributed by atoms with Gasteiger partial charge in [-0.2, -0.15) is 0 Å². The second-order valence-electron chi connectivity index (χ2n) is 6.40. The van der Waals surface area contributed by atoms with Gasteiger partial charge in [-0.15, -0.1) is 11.6 Å². The lowest BCUT2D eigenvalue weighted by atomic mass is 10.0. The molecule has 2 fully saturated rings. The van der Waals surface area contributed by atoms with Crippen molar-refractivity contribution in [1.29, 1.82) is 0 Å². The highest BCUT2D eigenvalue weighted by Gasteiger charge is 2.53. The lowest BCUT2D eigenvalue weighted by Crippen LogP contribution is -2.09. The maximum absolute atomic E-state index is 6.70. The zero-order valence-electron chi connectivity index (χ0n) is 11.6. The van der Waals surface area contributed by atoms with Crippen LogP contribution in [0.2, 0.25) is 0 Å². The molecule has 3 unspecified atom stereocenters. The van der Waals surface area contributed by atoms with E-state index in [2.05, 4.69) is 30.3 Å². The maximum atomic E-state index is 6.70. The van der Waals surface area contributed by atoms with Crippen LogP contribution in [0.5, 0.6) is 0 Å². The van der Waals surface area contributed by atoms with E-state index in [0.717, 1.165) is 35.4 Å². The van der Waals surface area contributed by atoms with Gasteiger partial charge in [0.15, 0.2) is 0 Å². The van der Waals surface area contributed by atoms with E-state index in [0.29, 0.717) is 0 Å². The molecule has 2 aliphatic rings. The van der Waals surface area contributed by atoms with Crippen LogP contribution in [0, 0.1) is 17.8 Å². The SMILES string of the molecule is ClC(Cc1ccc2ccccc2n1)C1C2CCCCC21. The Hall–Kier alpha value is -1.08. The molecular weight excluding hydrogens is 266 g/mol. The Morgan fingerprint density at radius 2 is 1.80 bits per heavy atom. The third kappa shape index (κ3) is 2.22. The summed E-state index contributed by atoms with van der Waals surface area (Å²) in [4.78, 5) is 4.76. The Kier molecular flexibility index (Phi) is 3.18. The number of nitrogens with zero attached hydrogens (tertiary/aromatic N) is 1. The molecule has 2 saturated carbocycles. The van der Waals surface area contributed by atoms with Crippen LogP contribution in [0.1, 0.15) is 31.4 Å². The van der Waals surface area contributed by atoms with Crippen molar-refractivity contribution in [2.24, 2.45) is 17.8 Å². The molecule has 1 heterocycles. The number of alkyl halides is 1. The van der Waals surface area contributed by atoms with Gasteiger partial charge in [-0.05, 0) is 42.7 Å². The molecule has 20 heavy (non-hydrogen) atoms. The van der Waals surface area contributed by atoms with Crippen molar-refractivity contribution in [3.05, 3.63) is 42.1 Å². The number of hydrogen-bond acceptors (Lipinski definition) is 1. The van der Waals surface area contributed by atoms with E-state index >= 15 is 0 Å². The third-order valence-electron chi connectivity index (χ3n) is 5.20. The lowest BCUT2D eigenvalue weighted by Gasteiger charge is -2.09. The average molecular weight is 286 g/mol. The predicted molar refractivity (Wildman–Crippen MR) is 84.0 cm³/mol. The van der Waals surface area contributed by atoms with Gasteiger partial charge in [0.05, 0.1) is 5.52 Å². The second kappa shape index (κ2) is 5.04. The Bertz CT molecular complexity index is 612. The minimum Gasteiger partial charge on any atom is -0.253 e. The van der Waals surface area contributed by atoms with Crippen LogP contribution >= 0.6 is 11.6 Å². The summed E-state index contributed by atoms with van der Waals surface area (Å²) < 4.78 is 0. The van der Waals surface area contributed by atoms with E-state index in [1.165, 1.54) is 31.1 Å². The minimum atomic E-state index is 0.275. The summed E-state index contributed by atoms with van der Waals surface area (Å²) in [5.41, 5.74) is 2.23. The fraction of sp³-hybridized carbons (Fsp3) is 0.500. The zero-order chi connectivity index (χ0) is 13.5. The number of para-hydroxylation sites is 1. The Morgan fingerprint density at radius 1 is 1.05 bits per heavy atom. The molecule has 4 rings (SSSR count). The van der Waals surface area contributed by atoms with Crippen LogP contribution in [-0.2, 0) is 6.42 Å². The summed E-state index contributed by atoms with van der Waals surface area (Å²) in [6, 6.07) is 12.6. The molecule has 3 atom stereocenters. The summed E-state index contributed by atoms with van der Waals surface area (Å²) >= 11 is 6.70. The lowest BCUT2D eigenvalue weighted by molar-refractivity contribution is 0.480. The summed E-state index contributed by atoms with van der Waals surface area (Å²) in [6.07, 6.45) is 6.56. The summed E-state index contributed by atoms with van der Waals surface area (Å²) in [7, 11) is 0. The van der Waals surface area contributed by atoms with E-state index in [-0.39, 0.29) is 5.38 Å². The highest BCUT2D eigenvalue weighted by atomic mass is 35.5. The molecule has 0 bridgehead atoms. The number of pyridine rings is 1. The third-order valence-corrected chi connectivity index (χ3v) is 5.65. The fourth-order valence-electron chi connectivity index (χ4n) is 4.14. The first-order valence-electron chi connectivity index (χ1n) is 7.82. The molecule has 2 heteroatoms. The van der Waals surface area contributed by atoms with Crippen molar-refractivity contribution in [2.75, 3.05) is 0 Å². The molecule has 0 amide bonds. The van der Waals surface area contributed by atoms with E-state index in [1.54, 1.807) is 0 Å². The first-order valence-corrected chi connectivity index (χ1v) is 8.25. The normalized spacial score (nSPS) is 29.9. The molecule has 0 radical (unpaired) electrons. The molecule has 2 aliphatic carbocycles. The van der Waals surface area contributed by atoms with Gasteiger partial charge >= 0.3 is 0 Å². The van der Waals surface area contributed by atoms with Crippen LogP contribution in [0.15, 0.2) is 36.4 Å². The second-order valence-corrected chi connectivity index (χ2v) is 6.97.